The molecular weight excluding hydrogens is 295 g/mol. The summed E-state index contributed by atoms with van der Waals surface area (Å²) in [6, 6.07) is 8.29. The molecule has 1 fully saturated rings. The van der Waals surface area contributed by atoms with Crippen molar-refractivity contribution in [1.82, 2.24) is 4.90 Å². The van der Waals surface area contributed by atoms with Crippen LogP contribution < -0.4 is 5.46 Å². The fraction of sp³-hybridized carbons (Fsp3) is 0.500. The van der Waals surface area contributed by atoms with Crippen molar-refractivity contribution in [2.24, 2.45) is 0 Å². The van der Waals surface area contributed by atoms with Gasteiger partial charge in [0.05, 0.1) is 0 Å². The number of hydrogen-bond donors (Lipinski definition) is 0. The molecule has 1 amide bonds. The monoisotopic (exact) mass is 321 g/mol. The maximum absolute atomic E-state index is 12.8. The molecule has 1 aromatic carbocycles. The zero-order valence-corrected chi connectivity index (χ0v) is 14.8. The highest BCUT2D eigenvalue weighted by molar-refractivity contribution is 6.60. The van der Waals surface area contributed by atoms with Gasteiger partial charge in [0.15, 0.2) is 0 Å². The van der Waals surface area contributed by atoms with Crippen molar-refractivity contribution < 1.29 is 4.79 Å². The maximum Gasteiger partial charge on any atom is 0.291 e. The van der Waals surface area contributed by atoms with Gasteiger partial charge in [-0.15, -0.1) is 0 Å². The van der Waals surface area contributed by atoms with Crippen molar-refractivity contribution in [3.05, 3.63) is 42.1 Å². The van der Waals surface area contributed by atoms with E-state index < -0.39 is 0 Å². The summed E-state index contributed by atoms with van der Waals surface area (Å²) >= 11 is 0. The topological polar surface area (TPSA) is 44.1 Å². The van der Waals surface area contributed by atoms with Gasteiger partial charge in [0.25, 0.3) is 7.28 Å². The van der Waals surface area contributed by atoms with Crippen LogP contribution in [0.15, 0.2) is 36.5 Å². The first-order valence-electron chi connectivity index (χ1n) is 8.89. The number of benzene rings is 1. The molecule has 125 valence electrons. The Morgan fingerprint density at radius 3 is 2.71 bits per heavy atom. The Balaban J connectivity index is 2.11. The molecule has 1 heterocycles. The molecule has 3 nitrogen and oxygen atoms in total. The number of carbonyl (C=O) groups excluding carboxylic acids is 1. The molecule has 0 spiro atoms. The SMILES string of the molecule is C=C1CCC(C)N1C(=O)C[C@H](CCCC)c1ccc([B]C#N)cc1. The molecule has 1 aromatic rings. The quantitative estimate of drug-likeness (QED) is 0.719. The zero-order chi connectivity index (χ0) is 17.5. The summed E-state index contributed by atoms with van der Waals surface area (Å²) in [5.41, 5.74) is 3.05. The van der Waals surface area contributed by atoms with Gasteiger partial charge in [0.2, 0.25) is 5.91 Å². The number of nitriles is 1. The third kappa shape index (κ3) is 4.51. The summed E-state index contributed by atoms with van der Waals surface area (Å²) in [6.45, 7) is 8.33. The standard InChI is InChI=1S/C20H26BN2O/c1-4-5-6-18(17-9-11-19(12-10-17)21-14-22)13-20(24)23-15(2)7-8-16(23)3/h9-12,16,18H,2,4-8,13H2,1,3H3/t16?,18-/m0/s1. The summed E-state index contributed by atoms with van der Waals surface area (Å²) < 4.78 is 0. The summed E-state index contributed by atoms with van der Waals surface area (Å²) in [5, 5.41) is 8.74. The van der Waals surface area contributed by atoms with E-state index in [1.165, 1.54) is 12.8 Å². The van der Waals surface area contributed by atoms with Gasteiger partial charge in [0, 0.05) is 24.1 Å². The molecule has 2 atom stereocenters. The molecule has 24 heavy (non-hydrogen) atoms. The van der Waals surface area contributed by atoms with E-state index in [1.54, 1.807) is 0 Å². The van der Waals surface area contributed by atoms with Crippen molar-refractivity contribution in [2.45, 2.75) is 64.3 Å². The second-order valence-electron chi connectivity index (χ2n) is 6.70. The minimum atomic E-state index is 0.193. The van der Waals surface area contributed by atoms with E-state index in [1.807, 2.05) is 17.0 Å². The van der Waals surface area contributed by atoms with Crippen molar-refractivity contribution in [3.63, 3.8) is 0 Å². The predicted octanol–water partition coefficient (Wildman–Crippen LogP) is 3.69. The molecule has 0 N–H and O–H groups in total. The summed E-state index contributed by atoms with van der Waals surface area (Å²) in [5.74, 6) is 2.47. The molecule has 1 aliphatic rings. The predicted molar refractivity (Wildman–Crippen MR) is 99.0 cm³/mol. The van der Waals surface area contributed by atoms with E-state index in [2.05, 4.69) is 38.5 Å². The number of allylic oxidation sites excluding steroid dienone is 1. The van der Waals surface area contributed by atoms with Crippen molar-refractivity contribution in [2.75, 3.05) is 0 Å². The van der Waals surface area contributed by atoms with Gasteiger partial charge in [-0.05, 0) is 37.7 Å². The van der Waals surface area contributed by atoms with Gasteiger partial charge < -0.3 is 4.90 Å². The Bertz CT molecular complexity index is 618. The average Bonchev–Trinajstić information content (AvgIpc) is 2.91. The fourth-order valence-electron chi connectivity index (χ4n) is 3.44. The number of nitrogens with zero attached hydrogens (tertiary/aromatic N) is 2. The van der Waals surface area contributed by atoms with E-state index in [0.29, 0.717) is 6.42 Å². The summed E-state index contributed by atoms with van der Waals surface area (Å²) in [6.07, 6.45) is 5.72. The van der Waals surface area contributed by atoms with Crippen LogP contribution in [0.1, 0.15) is 63.9 Å². The molecule has 1 unspecified atom stereocenters. The maximum atomic E-state index is 12.8. The van der Waals surface area contributed by atoms with Crippen LogP contribution in [-0.2, 0) is 4.79 Å². The van der Waals surface area contributed by atoms with E-state index in [-0.39, 0.29) is 17.9 Å². The lowest BCUT2D eigenvalue weighted by atomic mass is 9.72. The number of unbranched alkanes of at least 4 members (excludes halogenated alkanes) is 1. The van der Waals surface area contributed by atoms with Crippen LogP contribution in [0.3, 0.4) is 0 Å². The Labute approximate surface area is 146 Å². The van der Waals surface area contributed by atoms with Crippen LogP contribution >= 0.6 is 0 Å². The molecule has 0 bridgehead atoms. The smallest absolute Gasteiger partial charge is 0.291 e. The summed E-state index contributed by atoms with van der Waals surface area (Å²) in [7, 11) is 1.53. The lowest BCUT2D eigenvalue weighted by molar-refractivity contribution is -0.130. The highest BCUT2D eigenvalue weighted by Crippen LogP contribution is 2.31. The third-order valence-electron chi connectivity index (χ3n) is 4.87. The summed E-state index contributed by atoms with van der Waals surface area (Å²) in [4.78, 5) is 14.7. The third-order valence-corrected chi connectivity index (χ3v) is 4.87. The normalized spacial score (nSPS) is 18.3. The van der Waals surface area contributed by atoms with Gasteiger partial charge in [-0.2, -0.15) is 0 Å². The molecule has 0 saturated carbocycles. The second-order valence-corrected chi connectivity index (χ2v) is 6.70. The van der Waals surface area contributed by atoms with Crippen LogP contribution in [-0.4, -0.2) is 24.1 Å². The van der Waals surface area contributed by atoms with Crippen molar-refractivity contribution >= 4 is 18.6 Å². The van der Waals surface area contributed by atoms with E-state index >= 15 is 0 Å². The molecule has 2 rings (SSSR count). The number of hydrogen-bond acceptors (Lipinski definition) is 2. The van der Waals surface area contributed by atoms with Crippen LogP contribution in [0.2, 0.25) is 0 Å². The largest absolute Gasteiger partial charge is 0.314 e. The van der Waals surface area contributed by atoms with Crippen LogP contribution in [0.5, 0.6) is 0 Å². The van der Waals surface area contributed by atoms with E-state index in [4.69, 9.17) is 5.26 Å². The fourth-order valence-corrected chi connectivity index (χ4v) is 3.44. The molecule has 1 radical (unpaired) electrons. The van der Waals surface area contributed by atoms with Crippen molar-refractivity contribution in [3.8, 4) is 5.97 Å². The van der Waals surface area contributed by atoms with E-state index in [9.17, 15) is 4.79 Å². The second kappa shape index (κ2) is 8.73. The number of amides is 1. The minimum Gasteiger partial charge on any atom is -0.314 e. The van der Waals surface area contributed by atoms with Gasteiger partial charge in [0.1, 0.15) is 0 Å². The van der Waals surface area contributed by atoms with Crippen LogP contribution in [0.4, 0.5) is 0 Å². The molecule has 1 aliphatic heterocycles. The minimum absolute atomic E-state index is 0.193. The number of carbonyl (C=O) groups is 1. The Kier molecular flexibility index (Phi) is 6.67. The first-order valence-corrected chi connectivity index (χ1v) is 8.89. The van der Waals surface area contributed by atoms with Gasteiger partial charge in [-0.1, -0.05) is 56.1 Å². The number of likely N-dealkylation sites (tertiary alicyclic amines) is 1. The molecule has 0 aromatic heterocycles. The average molecular weight is 321 g/mol. The van der Waals surface area contributed by atoms with Crippen molar-refractivity contribution in [1.29, 1.82) is 5.26 Å². The van der Waals surface area contributed by atoms with E-state index in [0.717, 1.165) is 43.3 Å². The highest BCUT2D eigenvalue weighted by Gasteiger charge is 2.30. The molecular formula is C20H26BN2O. The lowest BCUT2D eigenvalue weighted by Gasteiger charge is -2.26. The molecule has 1 saturated heterocycles. The van der Waals surface area contributed by atoms with Crippen LogP contribution in [0, 0.1) is 11.2 Å². The first kappa shape index (κ1) is 18.3. The molecule has 4 heteroatoms. The highest BCUT2D eigenvalue weighted by atomic mass is 16.2. The Hall–Kier alpha value is -2.02. The molecule has 0 aliphatic carbocycles. The van der Waals surface area contributed by atoms with Crippen LogP contribution in [0.25, 0.3) is 0 Å². The number of rotatable bonds is 7. The zero-order valence-electron chi connectivity index (χ0n) is 14.8. The lowest BCUT2D eigenvalue weighted by Crippen LogP contribution is -2.33. The first-order chi connectivity index (χ1) is 11.6. The van der Waals surface area contributed by atoms with Gasteiger partial charge in [-0.25, -0.2) is 5.26 Å². The van der Waals surface area contributed by atoms with Gasteiger partial charge >= 0.3 is 0 Å². The Morgan fingerprint density at radius 2 is 2.17 bits per heavy atom. The Morgan fingerprint density at radius 1 is 1.46 bits per heavy atom. The van der Waals surface area contributed by atoms with Gasteiger partial charge in [-0.3, -0.25) is 4.79 Å².